The highest BCUT2D eigenvalue weighted by Crippen LogP contribution is 2.22. The molecule has 28 heavy (non-hydrogen) atoms. The first-order valence-electron chi connectivity index (χ1n) is 9.22. The van der Waals surface area contributed by atoms with Crippen molar-refractivity contribution >= 4 is 21.7 Å². The van der Waals surface area contributed by atoms with E-state index in [2.05, 4.69) is 10.0 Å². The molecule has 8 heteroatoms. The maximum atomic E-state index is 12.5. The Morgan fingerprint density at radius 3 is 2.64 bits per heavy atom. The summed E-state index contributed by atoms with van der Waals surface area (Å²) in [7, 11) is -3.80. The average Bonchev–Trinajstić information content (AvgIpc) is 3.20. The number of hydrogen-bond acceptors (Lipinski definition) is 5. The SMILES string of the molecule is O=C(O)c1cc(S(=O)(=O)NCCc2ccccc2)ccc1NC[C@@H]1CCCO1. The highest BCUT2D eigenvalue weighted by Gasteiger charge is 2.20. The first-order valence-corrected chi connectivity index (χ1v) is 10.7. The van der Waals surface area contributed by atoms with Gasteiger partial charge in [0.25, 0.3) is 0 Å². The summed E-state index contributed by atoms with van der Waals surface area (Å²) in [6, 6.07) is 13.6. The van der Waals surface area contributed by atoms with Gasteiger partial charge in [0.1, 0.15) is 0 Å². The zero-order valence-electron chi connectivity index (χ0n) is 15.4. The van der Waals surface area contributed by atoms with Gasteiger partial charge in [0.05, 0.1) is 16.6 Å². The van der Waals surface area contributed by atoms with E-state index in [-0.39, 0.29) is 23.1 Å². The number of nitrogens with one attached hydrogen (secondary N) is 2. The van der Waals surface area contributed by atoms with Crippen LogP contribution in [-0.2, 0) is 21.2 Å². The average molecular weight is 404 g/mol. The van der Waals surface area contributed by atoms with E-state index in [0.717, 1.165) is 18.4 Å². The minimum Gasteiger partial charge on any atom is -0.478 e. The largest absolute Gasteiger partial charge is 0.478 e. The molecule has 3 N–H and O–H groups in total. The molecule has 7 nitrogen and oxygen atoms in total. The molecule has 1 aliphatic heterocycles. The summed E-state index contributed by atoms with van der Waals surface area (Å²) in [5, 5.41) is 12.5. The number of benzene rings is 2. The second-order valence-corrected chi connectivity index (χ2v) is 8.43. The molecule has 1 saturated heterocycles. The van der Waals surface area contributed by atoms with E-state index in [4.69, 9.17) is 4.74 Å². The van der Waals surface area contributed by atoms with Crippen LogP contribution in [0.5, 0.6) is 0 Å². The topological polar surface area (TPSA) is 105 Å². The standard InChI is InChI=1S/C20H24N2O5S/c23-20(24)18-13-17(8-9-19(18)21-14-16-7-4-12-27-16)28(25,26)22-11-10-15-5-2-1-3-6-15/h1-3,5-6,8-9,13,16,21-22H,4,7,10-12,14H2,(H,23,24)/t16-/m0/s1. The Morgan fingerprint density at radius 1 is 1.18 bits per heavy atom. The van der Waals surface area contributed by atoms with Crippen molar-refractivity contribution in [1.29, 1.82) is 0 Å². The number of carboxylic acids is 1. The molecule has 3 rings (SSSR count). The van der Waals surface area contributed by atoms with E-state index in [1.165, 1.54) is 18.2 Å². The third kappa shape index (κ3) is 5.31. The summed E-state index contributed by atoms with van der Waals surface area (Å²) in [4.78, 5) is 11.5. The molecule has 2 aromatic rings. The van der Waals surface area contributed by atoms with Crippen LogP contribution < -0.4 is 10.0 Å². The fourth-order valence-corrected chi connectivity index (χ4v) is 4.17. The van der Waals surface area contributed by atoms with E-state index < -0.39 is 16.0 Å². The van der Waals surface area contributed by atoms with Crippen LogP contribution in [0.15, 0.2) is 53.4 Å². The number of carboxylic acid groups (broad SMARTS) is 1. The molecule has 1 heterocycles. The summed E-state index contributed by atoms with van der Waals surface area (Å²) < 4.78 is 33.1. The molecule has 0 radical (unpaired) electrons. The molecule has 0 saturated carbocycles. The lowest BCUT2D eigenvalue weighted by molar-refractivity contribution is 0.0697. The molecule has 2 aromatic carbocycles. The van der Waals surface area contributed by atoms with E-state index in [9.17, 15) is 18.3 Å². The number of sulfonamides is 1. The van der Waals surface area contributed by atoms with Crippen molar-refractivity contribution in [3.05, 3.63) is 59.7 Å². The molecule has 150 valence electrons. The van der Waals surface area contributed by atoms with Crippen molar-refractivity contribution in [2.45, 2.75) is 30.3 Å². The van der Waals surface area contributed by atoms with Crippen LogP contribution >= 0.6 is 0 Å². The van der Waals surface area contributed by atoms with Gasteiger partial charge in [-0.15, -0.1) is 0 Å². The van der Waals surface area contributed by atoms with Gasteiger partial charge in [-0.25, -0.2) is 17.9 Å². The molecule has 0 amide bonds. The van der Waals surface area contributed by atoms with Gasteiger partial charge in [-0.2, -0.15) is 0 Å². The van der Waals surface area contributed by atoms with Crippen molar-refractivity contribution in [3.8, 4) is 0 Å². The van der Waals surface area contributed by atoms with Crippen LogP contribution in [0.25, 0.3) is 0 Å². The number of ether oxygens (including phenoxy) is 1. The Bertz CT molecular complexity index is 909. The van der Waals surface area contributed by atoms with Gasteiger partial charge < -0.3 is 15.2 Å². The Morgan fingerprint density at radius 2 is 1.96 bits per heavy atom. The third-order valence-electron chi connectivity index (χ3n) is 4.62. The Balaban J connectivity index is 1.67. The van der Waals surface area contributed by atoms with Crippen LogP contribution in [0.4, 0.5) is 5.69 Å². The maximum Gasteiger partial charge on any atom is 0.337 e. The summed E-state index contributed by atoms with van der Waals surface area (Å²) >= 11 is 0. The highest BCUT2D eigenvalue weighted by atomic mass is 32.2. The molecule has 0 unspecified atom stereocenters. The van der Waals surface area contributed by atoms with E-state index in [1.807, 2.05) is 30.3 Å². The lowest BCUT2D eigenvalue weighted by atomic mass is 10.1. The van der Waals surface area contributed by atoms with Gasteiger partial charge in [-0.1, -0.05) is 30.3 Å². The second-order valence-electron chi connectivity index (χ2n) is 6.66. The zero-order valence-corrected chi connectivity index (χ0v) is 16.2. The van der Waals surface area contributed by atoms with Gasteiger partial charge in [0, 0.05) is 25.4 Å². The minimum atomic E-state index is -3.80. The van der Waals surface area contributed by atoms with E-state index in [1.54, 1.807) is 0 Å². The molecular weight excluding hydrogens is 380 g/mol. The van der Waals surface area contributed by atoms with Gasteiger partial charge in [0.15, 0.2) is 0 Å². The minimum absolute atomic E-state index is 0.0460. The number of anilines is 1. The maximum absolute atomic E-state index is 12.5. The first-order chi connectivity index (χ1) is 13.5. The molecule has 1 fully saturated rings. The monoisotopic (exact) mass is 404 g/mol. The van der Waals surface area contributed by atoms with E-state index in [0.29, 0.717) is 25.3 Å². The fraction of sp³-hybridized carbons (Fsp3) is 0.350. The van der Waals surface area contributed by atoms with Crippen LogP contribution in [0.2, 0.25) is 0 Å². The van der Waals surface area contributed by atoms with E-state index >= 15 is 0 Å². The molecule has 1 aliphatic rings. The van der Waals surface area contributed by atoms with Crippen LogP contribution in [0.1, 0.15) is 28.8 Å². The molecule has 0 aromatic heterocycles. The van der Waals surface area contributed by atoms with Crippen LogP contribution in [-0.4, -0.2) is 45.3 Å². The lowest BCUT2D eigenvalue weighted by Gasteiger charge is -2.15. The van der Waals surface area contributed by atoms with Crippen molar-refractivity contribution < 1.29 is 23.1 Å². The van der Waals surface area contributed by atoms with Gasteiger partial charge in [0.2, 0.25) is 10.0 Å². The Hall–Kier alpha value is -2.42. The second kappa shape index (κ2) is 9.18. The molecule has 0 bridgehead atoms. The van der Waals surface area contributed by atoms with Gasteiger partial charge >= 0.3 is 5.97 Å². The fourth-order valence-electron chi connectivity index (χ4n) is 3.11. The molecular formula is C20H24N2O5S. The number of carbonyl (C=O) groups is 1. The van der Waals surface area contributed by atoms with Crippen molar-refractivity contribution in [1.82, 2.24) is 4.72 Å². The summed E-state index contributed by atoms with van der Waals surface area (Å²) in [5.41, 5.74) is 1.32. The first kappa shape index (κ1) is 20.3. The predicted octanol–water partition coefficient (Wildman–Crippen LogP) is 2.50. The highest BCUT2D eigenvalue weighted by molar-refractivity contribution is 7.89. The van der Waals surface area contributed by atoms with Crippen molar-refractivity contribution in [2.24, 2.45) is 0 Å². The molecule has 1 atom stereocenters. The molecule has 0 aliphatic carbocycles. The third-order valence-corrected chi connectivity index (χ3v) is 6.08. The van der Waals surface area contributed by atoms with Crippen molar-refractivity contribution in [3.63, 3.8) is 0 Å². The van der Waals surface area contributed by atoms with Gasteiger partial charge in [-0.05, 0) is 43.0 Å². The smallest absolute Gasteiger partial charge is 0.337 e. The summed E-state index contributed by atoms with van der Waals surface area (Å²) in [6.45, 7) is 1.43. The summed E-state index contributed by atoms with van der Waals surface area (Å²) in [6.07, 6.45) is 2.51. The molecule has 0 spiro atoms. The zero-order chi connectivity index (χ0) is 20.0. The van der Waals surface area contributed by atoms with Crippen LogP contribution in [0.3, 0.4) is 0 Å². The Kier molecular flexibility index (Phi) is 6.66. The quantitative estimate of drug-likeness (QED) is 0.593. The van der Waals surface area contributed by atoms with Crippen molar-refractivity contribution in [2.75, 3.05) is 25.0 Å². The normalized spacial score (nSPS) is 16.8. The lowest BCUT2D eigenvalue weighted by Crippen LogP contribution is -2.26. The Labute approximate surface area is 164 Å². The summed E-state index contributed by atoms with van der Waals surface area (Å²) in [5.74, 6) is -1.18. The number of hydrogen-bond donors (Lipinski definition) is 3. The number of aromatic carboxylic acids is 1. The predicted molar refractivity (Wildman–Crippen MR) is 106 cm³/mol. The van der Waals surface area contributed by atoms with Gasteiger partial charge in [-0.3, -0.25) is 0 Å². The van der Waals surface area contributed by atoms with Crippen LogP contribution in [0, 0.1) is 0 Å². The number of rotatable bonds is 9.